The maximum absolute atomic E-state index is 5.31. The van der Waals surface area contributed by atoms with Crippen molar-refractivity contribution in [3.8, 4) is 0 Å². The number of aryl methyl sites for hydroxylation is 1. The van der Waals surface area contributed by atoms with Crippen LogP contribution in [0.5, 0.6) is 0 Å². The van der Waals surface area contributed by atoms with Crippen molar-refractivity contribution in [2.24, 2.45) is 4.99 Å². The minimum atomic E-state index is 0. The molecule has 118 valence electrons. The monoisotopic (exact) mass is 421 g/mol. The zero-order valence-corrected chi connectivity index (χ0v) is 15.8. The smallest absolute Gasteiger partial charge is 0.191 e. The first-order valence-electron chi connectivity index (χ1n) is 7.02. The van der Waals surface area contributed by atoms with Gasteiger partial charge in [-0.15, -0.1) is 35.3 Å². The van der Waals surface area contributed by atoms with Gasteiger partial charge < -0.3 is 15.4 Å². The molecule has 2 heterocycles. The summed E-state index contributed by atoms with van der Waals surface area (Å²) >= 11 is 1.78. The molecule has 0 bridgehead atoms. The van der Waals surface area contributed by atoms with Crippen LogP contribution in [0.2, 0.25) is 0 Å². The van der Waals surface area contributed by atoms with Crippen molar-refractivity contribution in [2.75, 3.05) is 26.8 Å². The summed E-state index contributed by atoms with van der Waals surface area (Å²) in [6.07, 6.45) is 4.31. The lowest BCUT2D eigenvalue weighted by Crippen LogP contribution is -2.37. The molecule has 0 amide bonds. The van der Waals surface area contributed by atoms with E-state index in [1.807, 2.05) is 7.05 Å². The summed E-state index contributed by atoms with van der Waals surface area (Å²) in [5.74, 6) is 0.866. The van der Waals surface area contributed by atoms with Crippen LogP contribution < -0.4 is 10.6 Å². The van der Waals surface area contributed by atoms with Gasteiger partial charge in [0.25, 0.3) is 0 Å². The zero-order chi connectivity index (χ0) is 14.2. The van der Waals surface area contributed by atoms with Crippen molar-refractivity contribution in [3.05, 3.63) is 33.5 Å². The van der Waals surface area contributed by atoms with Crippen molar-refractivity contribution in [1.82, 2.24) is 10.6 Å². The molecule has 2 rings (SSSR count). The standard InChI is InChI=1S/C15H23N3OS.HI/c1-12-6-10-20-14(12)11-18-15(16-2)17-7-3-13-4-8-19-9-5-13;/h4,6,10H,3,5,7-9,11H2,1-2H3,(H2,16,17,18);1H. The molecule has 0 saturated carbocycles. The Bertz CT molecular complexity index is 485. The molecule has 4 nitrogen and oxygen atoms in total. The van der Waals surface area contributed by atoms with Gasteiger partial charge in [-0.05, 0) is 36.8 Å². The minimum Gasteiger partial charge on any atom is -0.377 e. The molecular weight excluding hydrogens is 397 g/mol. The number of hydrogen-bond acceptors (Lipinski definition) is 3. The zero-order valence-electron chi connectivity index (χ0n) is 12.6. The van der Waals surface area contributed by atoms with Crippen molar-refractivity contribution >= 4 is 41.3 Å². The average molecular weight is 421 g/mol. The van der Waals surface area contributed by atoms with E-state index in [0.717, 1.165) is 45.1 Å². The first kappa shape index (κ1) is 18.4. The average Bonchev–Trinajstić information content (AvgIpc) is 2.89. The highest BCUT2D eigenvalue weighted by Gasteiger charge is 2.05. The predicted molar refractivity (Wildman–Crippen MR) is 101 cm³/mol. The molecule has 0 fully saturated rings. The van der Waals surface area contributed by atoms with Gasteiger partial charge in [0.1, 0.15) is 0 Å². The normalized spacial score (nSPS) is 15.1. The fourth-order valence-electron chi connectivity index (χ4n) is 2.10. The number of thiophene rings is 1. The number of aliphatic imine (C=N–C) groups is 1. The van der Waals surface area contributed by atoms with Crippen LogP contribution in [0.3, 0.4) is 0 Å². The van der Waals surface area contributed by atoms with Crippen molar-refractivity contribution in [2.45, 2.75) is 26.3 Å². The third-order valence-electron chi connectivity index (χ3n) is 3.40. The Morgan fingerprint density at radius 3 is 2.90 bits per heavy atom. The van der Waals surface area contributed by atoms with Crippen molar-refractivity contribution in [3.63, 3.8) is 0 Å². The van der Waals surface area contributed by atoms with E-state index >= 15 is 0 Å². The van der Waals surface area contributed by atoms with Gasteiger partial charge in [0.05, 0.1) is 19.8 Å². The number of guanidine groups is 1. The third kappa shape index (κ3) is 6.36. The van der Waals surface area contributed by atoms with Crippen LogP contribution in [0, 0.1) is 6.92 Å². The molecule has 21 heavy (non-hydrogen) atoms. The van der Waals surface area contributed by atoms with E-state index in [0.29, 0.717) is 0 Å². The van der Waals surface area contributed by atoms with Gasteiger partial charge in [0.15, 0.2) is 5.96 Å². The summed E-state index contributed by atoms with van der Waals surface area (Å²) in [6.45, 7) is 5.51. The largest absolute Gasteiger partial charge is 0.377 e. The number of hydrogen-bond donors (Lipinski definition) is 2. The Kier molecular flexibility index (Phi) is 8.94. The molecular formula is C15H24IN3OS. The number of nitrogens with zero attached hydrogens (tertiary/aromatic N) is 1. The lowest BCUT2D eigenvalue weighted by molar-refractivity contribution is 0.153. The summed E-state index contributed by atoms with van der Waals surface area (Å²) in [5, 5.41) is 8.84. The molecule has 1 aromatic rings. The molecule has 0 aromatic carbocycles. The van der Waals surface area contributed by atoms with Crippen LogP contribution in [0.15, 0.2) is 28.1 Å². The molecule has 1 aromatic heterocycles. The Morgan fingerprint density at radius 2 is 2.29 bits per heavy atom. The number of rotatable bonds is 5. The van der Waals surface area contributed by atoms with Crippen LogP contribution in [0.1, 0.15) is 23.3 Å². The summed E-state index contributed by atoms with van der Waals surface area (Å²) in [4.78, 5) is 5.62. The highest BCUT2D eigenvalue weighted by Crippen LogP contribution is 2.14. The lowest BCUT2D eigenvalue weighted by atomic mass is 10.1. The molecule has 0 unspecified atom stereocenters. The van der Waals surface area contributed by atoms with Crippen molar-refractivity contribution in [1.29, 1.82) is 0 Å². The Labute approximate surface area is 148 Å². The molecule has 0 radical (unpaired) electrons. The number of ether oxygens (including phenoxy) is 1. The molecule has 0 atom stereocenters. The van der Waals surface area contributed by atoms with Crippen LogP contribution >= 0.6 is 35.3 Å². The number of halogens is 1. The maximum atomic E-state index is 5.31. The molecule has 6 heteroatoms. The maximum Gasteiger partial charge on any atom is 0.191 e. The fourth-order valence-corrected chi connectivity index (χ4v) is 2.95. The molecule has 0 spiro atoms. The Hall–Kier alpha value is -0.600. The van der Waals surface area contributed by atoms with Crippen molar-refractivity contribution < 1.29 is 4.74 Å². The summed E-state index contributed by atoms with van der Waals surface area (Å²) in [7, 11) is 1.81. The minimum absolute atomic E-state index is 0. The first-order chi connectivity index (χ1) is 9.79. The summed E-state index contributed by atoms with van der Waals surface area (Å²) < 4.78 is 5.31. The SMILES string of the molecule is CN=C(NCCC1=CCOCC1)NCc1sccc1C.I. The van der Waals surface area contributed by atoms with E-state index in [2.05, 4.69) is 40.1 Å². The molecule has 0 aliphatic carbocycles. The highest BCUT2D eigenvalue weighted by atomic mass is 127. The van der Waals surface area contributed by atoms with Gasteiger partial charge in [-0.2, -0.15) is 0 Å². The van der Waals surface area contributed by atoms with Gasteiger partial charge in [-0.3, -0.25) is 4.99 Å². The van der Waals surface area contributed by atoms with E-state index in [9.17, 15) is 0 Å². The van der Waals surface area contributed by atoms with Crippen LogP contribution in [-0.4, -0.2) is 32.8 Å². The van der Waals surface area contributed by atoms with Gasteiger partial charge in [-0.1, -0.05) is 11.6 Å². The van der Waals surface area contributed by atoms with E-state index in [-0.39, 0.29) is 24.0 Å². The second-order valence-corrected chi connectivity index (χ2v) is 5.82. The number of nitrogens with one attached hydrogen (secondary N) is 2. The fraction of sp³-hybridized carbons (Fsp3) is 0.533. The highest BCUT2D eigenvalue weighted by molar-refractivity contribution is 14.0. The first-order valence-corrected chi connectivity index (χ1v) is 7.90. The summed E-state index contributed by atoms with van der Waals surface area (Å²) in [6, 6.07) is 2.15. The summed E-state index contributed by atoms with van der Waals surface area (Å²) in [5.41, 5.74) is 2.82. The van der Waals surface area contributed by atoms with Gasteiger partial charge in [0.2, 0.25) is 0 Å². The van der Waals surface area contributed by atoms with Crippen LogP contribution in [0.4, 0.5) is 0 Å². The molecule has 1 aliphatic heterocycles. The molecule has 2 N–H and O–H groups in total. The van der Waals surface area contributed by atoms with E-state index in [1.165, 1.54) is 16.0 Å². The third-order valence-corrected chi connectivity index (χ3v) is 4.43. The topological polar surface area (TPSA) is 45.7 Å². The Morgan fingerprint density at radius 1 is 1.43 bits per heavy atom. The predicted octanol–water partition coefficient (Wildman–Crippen LogP) is 3.08. The van der Waals surface area contributed by atoms with Gasteiger partial charge in [0, 0.05) is 18.5 Å². The van der Waals surface area contributed by atoms with E-state index in [1.54, 1.807) is 11.3 Å². The van der Waals surface area contributed by atoms with Gasteiger partial charge in [-0.25, -0.2) is 0 Å². The van der Waals surface area contributed by atoms with Gasteiger partial charge >= 0.3 is 0 Å². The van der Waals surface area contributed by atoms with Crippen LogP contribution in [-0.2, 0) is 11.3 Å². The second-order valence-electron chi connectivity index (χ2n) is 4.82. The lowest BCUT2D eigenvalue weighted by Gasteiger charge is -2.15. The molecule has 0 saturated heterocycles. The Balaban J connectivity index is 0.00000220. The van der Waals surface area contributed by atoms with E-state index < -0.39 is 0 Å². The molecule has 1 aliphatic rings. The quantitative estimate of drug-likeness (QED) is 0.333. The second kappa shape index (κ2) is 10.2. The van der Waals surface area contributed by atoms with E-state index in [4.69, 9.17) is 4.74 Å². The van der Waals surface area contributed by atoms with Crippen LogP contribution in [0.25, 0.3) is 0 Å².